The van der Waals surface area contributed by atoms with Crippen molar-refractivity contribution in [2.45, 2.75) is 33.2 Å². The van der Waals surface area contributed by atoms with Crippen LogP contribution in [0.2, 0.25) is 0 Å². The second-order valence-corrected chi connectivity index (χ2v) is 7.61. The fraction of sp³-hybridized carbons (Fsp3) is 0.304. The summed E-state index contributed by atoms with van der Waals surface area (Å²) in [6.07, 6.45) is 1.54. The predicted octanol–water partition coefficient (Wildman–Crippen LogP) is 4.12. The van der Waals surface area contributed by atoms with Crippen molar-refractivity contribution in [1.29, 1.82) is 0 Å². The summed E-state index contributed by atoms with van der Waals surface area (Å²) in [7, 11) is 2.02. The highest BCUT2D eigenvalue weighted by Gasteiger charge is 2.22. The van der Waals surface area contributed by atoms with Crippen LogP contribution in [-0.4, -0.2) is 34.2 Å². The summed E-state index contributed by atoms with van der Waals surface area (Å²) in [4.78, 5) is 15.2. The third-order valence-corrected chi connectivity index (χ3v) is 5.40. The second kappa shape index (κ2) is 7.79. The van der Waals surface area contributed by atoms with Crippen LogP contribution >= 0.6 is 0 Å². The molecule has 0 saturated carbocycles. The minimum Gasteiger partial charge on any atom is -0.318 e. The van der Waals surface area contributed by atoms with Gasteiger partial charge in [-0.2, -0.15) is 5.10 Å². The molecule has 4 rings (SSSR count). The number of aryl methyl sites for hydroxylation is 2. The van der Waals surface area contributed by atoms with E-state index in [4.69, 9.17) is 0 Å². The number of fused-ring (bicyclic) bond motifs is 1. The average molecular weight is 392 g/mol. The number of hydrogen-bond donors (Lipinski definition) is 1. The molecule has 0 aliphatic carbocycles. The second-order valence-electron chi connectivity index (χ2n) is 7.61. The van der Waals surface area contributed by atoms with Crippen LogP contribution in [0.15, 0.2) is 42.5 Å². The molecule has 1 N–H and O–H groups in total. The van der Waals surface area contributed by atoms with Gasteiger partial charge < -0.3 is 10.2 Å². The van der Waals surface area contributed by atoms with Gasteiger partial charge in [-0.15, -0.1) is 0 Å². The van der Waals surface area contributed by atoms with Gasteiger partial charge in [0.2, 0.25) is 0 Å². The zero-order valence-electron chi connectivity index (χ0n) is 17.0. The Morgan fingerprint density at radius 2 is 2.07 bits per heavy atom. The molecule has 0 bridgehead atoms. The molecule has 0 spiro atoms. The van der Waals surface area contributed by atoms with Crippen LogP contribution in [0, 0.1) is 12.7 Å². The van der Waals surface area contributed by atoms with Crippen LogP contribution < -0.4 is 5.32 Å². The van der Waals surface area contributed by atoms with Crippen molar-refractivity contribution < 1.29 is 9.18 Å². The van der Waals surface area contributed by atoms with Gasteiger partial charge in [0.1, 0.15) is 11.5 Å². The molecule has 29 heavy (non-hydrogen) atoms. The smallest absolute Gasteiger partial charge is 0.274 e. The number of rotatable bonds is 4. The maximum atomic E-state index is 15.0. The van der Waals surface area contributed by atoms with Crippen LogP contribution in [0.25, 0.3) is 5.69 Å². The SMILES string of the molecule is CCc1cccc(-n2nc(C)cc2C(=O)Nc2ccc3c(c2F)CCN(C)C3)c1. The summed E-state index contributed by atoms with van der Waals surface area (Å²) in [5, 5.41) is 7.23. The molecule has 0 unspecified atom stereocenters. The lowest BCUT2D eigenvalue weighted by molar-refractivity contribution is 0.101. The number of nitrogens with zero attached hydrogens (tertiary/aromatic N) is 3. The standard InChI is InChI=1S/C23H25FN4O/c1-4-16-6-5-7-18(13-16)28-21(12-15(2)26-28)23(29)25-20-9-8-17-14-27(3)11-10-19(17)22(20)24/h5-9,12-13H,4,10-11,14H2,1-3H3,(H,25,29). The molecule has 1 amide bonds. The number of likely N-dealkylation sites (N-methyl/N-ethyl adjacent to an activating group) is 1. The van der Waals surface area contributed by atoms with E-state index >= 15 is 4.39 Å². The Bertz CT molecular complexity index is 1070. The van der Waals surface area contributed by atoms with Crippen molar-refractivity contribution in [3.05, 3.63) is 76.4 Å². The first-order valence-electron chi connectivity index (χ1n) is 9.92. The lowest BCUT2D eigenvalue weighted by Crippen LogP contribution is -2.27. The first kappa shape index (κ1) is 19.3. The normalized spacial score (nSPS) is 13.9. The van der Waals surface area contributed by atoms with Crippen LogP contribution in [0.4, 0.5) is 10.1 Å². The fourth-order valence-electron chi connectivity index (χ4n) is 3.80. The Kier molecular flexibility index (Phi) is 5.20. The number of carbonyl (C=O) groups is 1. The summed E-state index contributed by atoms with van der Waals surface area (Å²) >= 11 is 0. The molecule has 1 aliphatic rings. The monoisotopic (exact) mass is 392 g/mol. The zero-order valence-corrected chi connectivity index (χ0v) is 17.0. The third-order valence-electron chi connectivity index (χ3n) is 5.40. The minimum absolute atomic E-state index is 0.214. The van der Waals surface area contributed by atoms with Gasteiger partial charge in [0, 0.05) is 13.1 Å². The van der Waals surface area contributed by atoms with Crippen LogP contribution in [0.5, 0.6) is 0 Å². The predicted molar refractivity (Wildman–Crippen MR) is 112 cm³/mol. The van der Waals surface area contributed by atoms with E-state index in [9.17, 15) is 4.79 Å². The fourth-order valence-corrected chi connectivity index (χ4v) is 3.80. The summed E-state index contributed by atoms with van der Waals surface area (Å²) < 4.78 is 16.6. The van der Waals surface area contributed by atoms with Gasteiger partial charge in [0.15, 0.2) is 0 Å². The van der Waals surface area contributed by atoms with Gasteiger partial charge in [-0.05, 0) is 67.8 Å². The molecule has 2 heterocycles. The van der Waals surface area contributed by atoms with E-state index in [1.807, 2.05) is 44.3 Å². The Hall–Kier alpha value is -2.99. The number of hydrogen-bond acceptors (Lipinski definition) is 3. The van der Waals surface area contributed by atoms with Crippen molar-refractivity contribution >= 4 is 11.6 Å². The Labute approximate surface area is 170 Å². The summed E-state index contributed by atoms with van der Waals surface area (Å²) in [6, 6.07) is 13.2. The first-order chi connectivity index (χ1) is 14.0. The van der Waals surface area contributed by atoms with E-state index < -0.39 is 0 Å². The van der Waals surface area contributed by atoms with Gasteiger partial charge >= 0.3 is 0 Å². The van der Waals surface area contributed by atoms with Gasteiger partial charge in [0.25, 0.3) is 5.91 Å². The maximum absolute atomic E-state index is 15.0. The number of nitrogens with one attached hydrogen (secondary N) is 1. The molecule has 1 aromatic heterocycles. The van der Waals surface area contributed by atoms with E-state index in [2.05, 4.69) is 22.2 Å². The molecule has 6 heteroatoms. The Morgan fingerprint density at radius 1 is 1.24 bits per heavy atom. The number of aromatic nitrogens is 2. The van der Waals surface area contributed by atoms with Gasteiger partial charge in [-0.25, -0.2) is 9.07 Å². The molecular weight excluding hydrogens is 367 g/mol. The Balaban J connectivity index is 1.65. The summed E-state index contributed by atoms with van der Waals surface area (Å²) in [6.45, 7) is 5.45. The molecule has 0 atom stereocenters. The number of amides is 1. The highest BCUT2D eigenvalue weighted by molar-refractivity contribution is 6.03. The number of halogens is 1. The molecule has 0 saturated heterocycles. The molecular formula is C23H25FN4O. The number of benzene rings is 2. The van der Waals surface area contributed by atoms with E-state index in [1.165, 1.54) is 0 Å². The first-order valence-corrected chi connectivity index (χ1v) is 9.92. The van der Waals surface area contributed by atoms with Gasteiger partial charge in [-0.3, -0.25) is 4.79 Å². The Morgan fingerprint density at radius 3 is 2.86 bits per heavy atom. The summed E-state index contributed by atoms with van der Waals surface area (Å²) in [5.74, 6) is -0.709. The molecule has 1 aliphatic heterocycles. The van der Waals surface area contributed by atoms with E-state index in [0.29, 0.717) is 17.7 Å². The third kappa shape index (κ3) is 3.80. The molecule has 2 aromatic carbocycles. The molecule has 0 radical (unpaired) electrons. The maximum Gasteiger partial charge on any atom is 0.274 e. The van der Waals surface area contributed by atoms with Gasteiger partial charge in [0.05, 0.1) is 17.1 Å². The number of carbonyl (C=O) groups excluding carboxylic acids is 1. The van der Waals surface area contributed by atoms with E-state index in [-0.39, 0.29) is 17.4 Å². The van der Waals surface area contributed by atoms with Crippen molar-refractivity contribution in [2.24, 2.45) is 0 Å². The van der Waals surface area contributed by atoms with Gasteiger partial charge in [-0.1, -0.05) is 25.1 Å². The van der Waals surface area contributed by atoms with E-state index in [1.54, 1.807) is 16.8 Å². The van der Waals surface area contributed by atoms with Crippen LogP contribution in [0.1, 0.15) is 39.8 Å². The van der Waals surface area contributed by atoms with Crippen molar-refractivity contribution in [1.82, 2.24) is 14.7 Å². The van der Waals surface area contributed by atoms with Crippen molar-refractivity contribution in [2.75, 3.05) is 18.9 Å². The highest BCUT2D eigenvalue weighted by atomic mass is 19.1. The lowest BCUT2D eigenvalue weighted by Gasteiger charge is -2.26. The summed E-state index contributed by atoms with van der Waals surface area (Å²) in [5.41, 5.74) is 4.97. The lowest BCUT2D eigenvalue weighted by atomic mass is 9.98. The quantitative estimate of drug-likeness (QED) is 0.727. The number of anilines is 1. The highest BCUT2D eigenvalue weighted by Crippen LogP contribution is 2.27. The molecule has 5 nitrogen and oxygen atoms in total. The van der Waals surface area contributed by atoms with Crippen LogP contribution in [0.3, 0.4) is 0 Å². The van der Waals surface area contributed by atoms with Crippen LogP contribution in [-0.2, 0) is 19.4 Å². The minimum atomic E-state index is -0.376. The molecule has 3 aromatic rings. The van der Waals surface area contributed by atoms with Crippen molar-refractivity contribution in [3.8, 4) is 5.69 Å². The topological polar surface area (TPSA) is 50.2 Å². The average Bonchev–Trinajstić information content (AvgIpc) is 3.12. The van der Waals surface area contributed by atoms with E-state index in [0.717, 1.165) is 42.0 Å². The molecule has 150 valence electrons. The largest absolute Gasteiger partial charge is 0.318 e. The zero-order chi connectivity index (χ0) is 20.5. The molecule has 0 fully saturated rings. The van der Waals surface area contributed by atoms with Crippen molar-refractivity contribution in [3.63, 3.8) is 0 Å².